The van der Waals surface area contributed by atoms with Crippen molar-refractivity contribution >= 4 is 49.8 Å². The summed E-state index contributed by atoms with van der Waals surface area (Å²) in [4.78, 5) is 12.7. The topological polar surface area (TPSA) is 104 Å². The van der Waals surface area contributed by atoms with E-state index in [1.165, 1.54) is 52.7 Å². The van der Waals surface area contributed by atoms with Crippen molar-refractivity contribution in [3.63, 3.8) is 0 Å². The minimum atomic E-state index is -3.60. The predicted molar refractivity (Wildman–Crippen MR) is 131 cm³/mol. The van der Waals surface area contributed by atoms with Gasteiger partial charge >= 0.3 is 0 Å². The zero-order chi connectivity index (χ0) is 23.1. The number of anilines is 2. The third kappa shape index (κ3) is 6.43. The SMILES string of the molecule is CCN(CC)S(=O)(=O)c1cc(NC(=O)CSc2nnc(NC3CCCCC3)s2)ccc1C. The minimum absolute atomic E-state index is 0.171. The Kier molecular flexibility index (Phi) is 8.92. The summed E-state index contributed by atoms with van der Waals surface area (Å²) in [5, 5.41) is 15.4. The van der Waals surface area contributed by atoms with E-state index in [9.17, 15) is 13.2 Å². The predicted octanol–water partition coefficient (Wildman–Crippen LogP) is 4.35. The van der Waals surface area contributed by atoms with Gasteiger partial charge < -0.3 is 10.6 Å². The largest absolute Gasteiger partial charge is 0.357 e. The van der Waals surface area contributed by atoms with Crippen molar-refractivity contribution in [1.82, 2.24) is 14.5 Å². The smallest absolute Gasteiger partial charge is 0.243 e. The van der Waals surface area contributed by atoms with Gasteiger partial charge in [-0.25, -0.2) is 8.42 Å². The first-order chi connectivity index (χ1) is 15.3. The van der Waals surface area contributed by atoms with Crippen LogP contribution in [-0.2, 0) is 14.8 Å². The molecule has 3 rings (SSSR count). The fourth-order valence-electron chi connectivity index (χ4n) is 3.73. The highest BCUT2D eigenvalue weighted by Crippen LogP contribution is 2.29. The van der Waals surface area contributed by atoms with Gasteiger partial charge in [0, 0.05) is 24.8 Å². The lowest BCUT2D eigenvalue weighted by molar-refractivity contribution is -0.113. The van der Waals surface area contributed by atoms with Crippen molar-refractivity contribution in [3.8, 4) is 0 Å². The fraction of sp³-hybridized carbons (Fsp3) is 0.571. The molecule has 1 saturated carbocycles. The summed E-state index contributed by atoms with van der Waals surface area (Å²) in [6, 6.07) is 5.42. The molecular weight excluding hydrogens is 466 g/mol. The van der Waals surface area contributed by atoms with Gasteiger partial charge in [-0.05, 0) is 37.5 Å². The molecule has 1 aromatic heterocycles. The van der Waals surface area contributed by atoms with Gasteiger partial charge in [-0.3, -0.25) is 4.79 Å². The lowest BCUT2D eigenvalue weighted by atomic mass is 9.96. The molecule has 1 aromatic carbocycles. The summed E-state index contributed by atoms with van der Waals surface area (Å²) in [5.74, 6) is -0.0496. The van der Waals surface area contributed by atoms with E-state index in [-0.39, 0.29) is 16.6 Å². The standard InChI is InChI=1S/C21H31N5O3S3/c1-4-26(5-2)32(28,29)18-13-17(12-11-15(18)3)22-19(27)14-30-21-25-24-20(31-21)23-16-9-7-6-8-10-16/h11-13,16H,4-10,14H2,1-3H3,(H,22,27)(H,23,24). The first kappa shape index (κ1) is 24.9. The molecule has 1 aliphatic carbocycles. The number of carbonyl (C=O) groups is 1. The molecule has 0 spiro atoms. The molecule has 0 bridgehead atoms. The average Bonchev–Trinajstić information content (AvgIpc) is 3.22. The van der Waals surface area contributed by atoms with Crippen LogP contribution >= 0.6 is 23.1 Å². The third-order valence-corrected chi connectivity index (χ3v) is 9.64. The zero-order valence-electron chi connectivity index (χ0n) is 18.8. The number of thioether (sulfide) groups is 1. The molecule has 2 N–H and O–H groups in total. The van der Waals surface area contributed by atoms with Crippen molar-refractivity contribution in [2.75, 3.05) is 29.5 Å². The number of amides is 1. The minimum Gasteiger partial charge on any atom is -0.357 e. The average molecular weight is 498 g/mol. The number of nitrogens with one attached hydrogen (secondary N) is 2. The van der Waals surface area contributed by atoms with Gasteiger partial charge in [0.2, 0.25) is 21.1 Å². The maximum absolute atomic E-state index is 12.9. The normalized spacial score (nSPS) is 15.1. The molecule has 32 heavy (non-hydrogen) atoms. The Balaban J connectivity index is 1.57. The van der Waals surface area contributed by atoms with Gasteiger partial charge in [-0.15, -0.1) is 10.2 Å². The second-order valence-electron chi connectivity index (χ2n) is 7.76. The molecule has 0 unspecified atom stereocenters. The number of nitrogens with zero attached hydrogens (tertiary/aromatic N) is 3. The molecule has 176 valence electrons. The number of sulfonamides is 1. The molecule has 8 nitrogen and oxygen atoms in total. The van der Waals surface area contributed by atoms with Crippen LogP contribution in [0, 0.1) is 6.92 Å². The molecule has 1 amide bonds. The summed E-state index contributed by atoms with van der Waals surface area (Å²) in [6.45, 7) is 6.16. The second kappa shape index (κ2) is 11.4. The Morgan fingerprint density at radius 1 is 1.19 bits per heavy atom. The Labute approximate surface area is 198 Å². The van der Waals surface area contributed by atoms with Crippen LogP contribution in [0.5, 0.6) is 0 Å². The quantitative estimate of drug-likeness (QED) is 0.470. The summed E-state index contributed by atoms with van der Waals surface area (Å²) < 4.78 is 27.9. The molecule has 0 atom stereocenters. The van der Waals surface area contributed by atoms with Crippen LogP contribution in [0.3, 0.4) is 0 Å². The molecule has 0 saturated heterocycles. The fourth-order valence-corrected chi connectivity index (χ4v) is 7.07. The van der Waals surface area contributed by atoms with Crippen LogP contribution in [0.4, 0.5) is 10.8 Å². The monoisotopic (exact) mass is 497 g/mol. The molecule has 1 aliphatic rings. The first-order valence-electron chi connectivity index (χ1n) is 11.0. The van der Waals surface area contributed by atoms with Crippen molar-refractivity contribution in [3.05, 3.63) is 23.8 Å². The van der Waals surface area contributed by atoms with Crippen molar-refractivity contribution < 1.29 is 13.2 Å². The van der Waals surface area contributed by atoms with E-state index < -0.39 is 10.0 Å². The van der Waals surface area contributed by atoms with E-state index in [2.05, 4.69) is 20.8 Å². The number of aromatic nitrogens is 2. The zero-order valence-corrected chi connectivity index (χ0v) is 21.2. The number of hydrogen-bond donors (Lipinski definition) is 2. The van der Waals surface area contributed by atoms with Crippen LogP contribution in [0.15, 0.2) is 27.4 Å². The van der Waals surface area contributed by atoms with Gasteiger partial charge in [0.1, 0.15) is 0 Å². The van der Waals surface area contributed by atoms with Crippen molar-refractivity contribution in [1.29, 1.82) is 0 Å². The lowest BCUT2D eigenvalue weighted by Gasteiger charge is -2.21. The Morgan fingerprint density at radius 3 is 2.59 bits per heavy atom. The molecular formula is C21H31N5O3S3. The van der Waals surface area contributed by atoms with Crippen LogP contribution in [0.1, 0.15) is 51.5 Å². The number of hydrogen-bond acceptors (Lipinski definition) is 8. The van der Waals surface area contributed by atoms with E-state index >= 15 is 0 Å². The Morgan fingerprint density at radius 2 is 1.91 bits per heavy atom. The third-order valence-electron chi connectivity index (χ3n) is 5.46. The van der Waals surface area contributed by atoms with E-state index in [1.54, 1.807) is 19.1 Å². The van der Waals surface area contributed by atoms with Crippen LogP contribution in [-0.4, -0.2) is 53.7 Å². The maximum atomic E-state index is 12.9. The van der Waals surface area contributed by atoms with Gasteiger partial charge in [0.25, 0.3) is 0 Å². The van der Waals surface area contributed by atoms with Gasteiger partial charge in [-0.2, -0.15) is 4.31 Å². The van der Waals surface area contributed by atoms with Gasteiger partial charge in [0.05, 0.1) is 10.6 Å². The van der Waals surface area contributed by atoms with Crippen molar-refractivity contribution in [2.24, 2.45) is 0 Å². The number of rotatable bonds is 10. The number of aryl methyl sites for hydroxylation is 1. The summed E-state index contributed by atoms with van der Waals surface area (Å²) >= 11 is 2.78. The molecule has 0 radical (unpaired) electrons. The van der Waals surface area contributed by atoms with Crippen LogP contribution in [0.25, 0.3) is 0 Å². The molecule has 11 heteroatoms. The summed E-state index contributed by atoms with van der Waals surface area (Å²) in [6.07, 6.45) is 6.11. The van der Waals surface area contributed by atoms with E-state index in [0.717, 1.165) is 22.3 Å². The first-order valence-corrected chi connectivity index (χ1v) is 14.2. The Hall–Kier alpha value is -1.69. The summed E-state index contributed by atoms with van der Waals surface area (Å²) in [7, 11) is -3.60. The van der Waals surface area contributed by atoms with E-state index in [0.29, 0.717) is 30.4 Å². The molecule has 0 aliphatic heterocycles. The number of benzene rings is 1. The maximum Gasteiger partial charge on any atom is 0.243 e. The highest BCUT2D eigenvalue weighted by atomic mass is 32.2. The highest BCUT2D eigenvalue weighted by molar-refractivity contribution is 8.01. The molecule has 1 heterocycles. The number of carbonyl (C=O) groups excluding carboxylic acids is 1. The molecule has 1 fully saturated rings. The second-order valence-corrected chi connectivity index (χ2v) is 11.9. The van der Waals surface area contributed by atoms with Crippen LogP contribution < -0.4 is 10.6 Å². The van der Waals surface area contributed by atoms with Gasteiger partial charge in [-0.1, -0.05) is 62.3 Å². The van der Waals surface area contributed by atoms with Gasteiger partial charge in [0.15, 0.2) is 4.34 Å². The Bertz CT molecular complexity index is 1020. The lowest BCUT2D eigenvalue weighted by Crippen LogP contribution is -2.31. The van der Waals surface area contributed by atoms with E-state index in [4.69, 9.17) is 0 Å². The van der Waals surface area contributed by atoms with E-state index in [1.807, 2.05) is 13.8 Å². The molecule has 2 aromatic rings. The highest BCUT2D eigenvalue weighted by Gasteiger charge is 2.24. The van der Waals surface area contributed by atoms with Crippen LogP contribution in [0.2, 0.25) is 0 Å². The summed E-state index contributed by atoms with van der Waals surface area (Å²) in [5.41, 5.74) is 1.11. The van der Waals surface area contributed by atoms with Crippen molar-refractivity contribution in [2.45, 2.75) is 68.2 Å².